The van der Waals surface area contributed by atoms with Gasteiger partial charge in [0.1, 0.15) is 5.82 Å². The lowest BCUT2D eigenvalue weighted by Crippen LogP contribution is -2.19. The largest absolute Gasteiger partial charge is 0.381 e. The van der Waals surface area contributed by atoms with E-state index in [0.717, 1.165) is 49.3 Å². The minimum Gasteiger partial charge on any atom is -0.381 e. The topological polar surface area (TPSA) is 64.9 Å². The Morgan fingerprint density at radius 1 is 1.27 bits per heavy atom. The average molecular weight is 299 g/mol. The fourth-order valence-electron chi connectivity index (χ4n) is 2.74. The van der Waals surface area contributed by atoms with E-state index in [-0.39, 0.29) is 0 Å². The number of nitrogens with zero attached hydrogens (tertiary/aromatic N) is 4. The van der Waals surface area contributed by atoms with Crippen molar-refractivity contribution >= 4 is 0 Å². The highest BCUT2D eigenvalue weighted by Crippen LogP contribution is 2.24. The van der Waals surface area contributed by atoms with Crippen molar-refractivity contribution < 1.29 is 4.74 Å². The SMILES string of the molecule is Cc1cccc(-n2nc([C@H]3CCOC3)nc2CNC2CC2)n1. The van der Waals surface area contributed by atoms with Gasteiger partial charge in [-0.05, 0) is 38.3 Å². The van der Waals surface area contributed by atoms with E-state index in [9.17, 15) is 0 Å². The van der Waals surface area contributed by atoms with Crippen LogP contribution in [0.15, 0.2) is 18.2 Å². The van der Waals surface area contributed by atoms with Crippen LogP contribution in [-0.4, -0.2) is 39.0 Å². The van der Waals surface area contributed by atoms with Gasteiger partial charge in [0.05, 0.1) is 13.2 Å². The lowest BCUT2D eigenvalue weighted by molar-refractivity contribution is 0.193. The van der Waals surface area contributed by atoms with Gasteiger partial charge < -0.3 is 10.1 Å². The molecule has 116 valence electrons. The molecule has 1 saturated carbocycles. The molecule has 1 N–H and O–H groups in total. The number of pyridine rings is 1. The van der Waals surface area contributed by atoms with E-state index in [1.807, 2.05) is 29.8 Å². The summed E-state index contributed by atoms with van der Waals surface area (Å²) in [5.41, 5.74) is 0.986. The van der Waals surface area contributed by atoms with Gasteiger partial charge in [-0.1, -0.05) is 6.07 Å². The van der Waals surface area contributed by atoms with Crippen molar-refractivity contribution in [3.63, 3.8) is 0 Å². The molecule has 6 nitrogen and oxygen atoms in total. The summed E-state index contributed by atoms with van der Waals surface area (Å²) >= 11 is 0. The zero-order valence-corrected chi connectivity index (χ0v) is 12.8. The van der Waals surface area contributed by atoms with Crippen molar-refractivity contribution in [3.8, 4) is 5.82 Å². The van der Waals surface area contributed by atoms with E-state index in [1.54, 1.807) is 0 Å². The lowest BCUT2D eigenvalue weighted by Gasteiger charge is -2.06. The van der Waals surface area contributed by atoms with Gasteiger partial charge in [-0.25, -0.2) is 9.97 Å². The van der Waals surface area contributed by atoms with Crippen LogP contribution in [0.1, 0.15) is 42.5 Å². The van der Waals surface area contributed by atoms with Crippen molar-refractivity contribution in [2.75, 3.05) is 13.2 Å². The molecule has 2 aliphatic rings. The van der Waals surface area contributed by atoms with Gasteiger partial charge in [-0.15, -0.1) is 5.10 Å². The van der Waals surface area contributed by atoms with Crippen LogP contribution in [0.5, 0.6) is 0 Å². The van der Waals surface area contributed by atoms with Crippen LogP contribution >= 0.6 is 0 Å². The molecule has 0 aromatic carbocycles. The maximum absolute atomic E-state index is 5.47. The van der Waals surface area contributed by atoms with Crippen LogP contribution in [0.2, 0.25) is 0 Å². The number of aryl methyl sites for hydroxylation is 1. The molecule has 2 fully saturated rings. The van der Waals surface area contributed by atoms with Gasteiger partial charge >= 0.3 is 0 Å². The molecule has 2 aromatic heterocycles. The van der Waals surface area contributed by atoms with Gasteiger partial charge in [-0.2, -0.15) is 4.68 Å². The van der Waals surface area contributed by atoms with Crippen LogP contribution in [0.25, 0.3) is 5.82 Å². The van der Waals surface area contributed by atoms with Crippen molar-refractivity contribution in [3.05, 3.63) is 35.5 Å². The maximum atomic E-state index is 5.47. The summed E-state index contributed by atoms with van der Waals surface area (Å²) in [6, 6.07) is 6.63. The third-order valence-electron chi connectivity index (χ3n) is 4.20. The maximum Gasteiger partial charge on any atom is 0.156 e. The first-order valence-corrected chi connectivity index (χ1v) is 8.00. The van der Waals surface area contributed by atoms with E-state index in [1.165, 1.54) is 12.8 Å². The monoisotopic (exact) mass is 299 g/mol. The first-order chi connectivity index (χ1) is 10.8. The molecule has 0 spiro atoms. The first-order valence-electron chi connectivity index (χ1n) is 8.00. The molecule has 1 saturated heterocycles. The predicted molar refractivity (Wildman–Crippen MR) is 81.9 cm³/mol. The Labute approximate surface area is 129 Å². The molecule has 0 amide bonds. The lowest BCUT2D eigenvalue weighted by atomic mass is 10.1. The predicted octanol–water partition coefficient (Wildman–Crippen LogP) is 1.73. The summed E-state index contributed by atoms with van der Waals surface area (Å²) in [6.07, 6.45) is 3.53. The highest BCUT2D eigenvalue weighted by Gasteiger charge is 2.26. The molecule has 0 unspecified atom stereocenters. The summed E-state index contributed by atoms with van der Waals surface area (Å²) in [4.78, 5) is 9.36. The van der Waals surface area contributed by atoms with Gasteiger partial charge in [-0.3, -0.25) is 0 Å². The van der Waals surface area contributed by atoms with Crippen LogP contribution < -0.4 is 5.32 Å². The number of nitrogens with one attached hydrogen (secondary N) is 1. The molecule has 0 radical (unpaired) electrons. The first kappa shape index (κ1) is 13.8. The van der Waals surface area contributed by atoms with Crippen molar-refractivity contribution in [2.45, 2.75) is 44.7 Å². The van der Waals surface area contributed by atoms with Crippen LogP contribution in [0, 0.1) is 6.92 Å². The molecule has 0 bridgehead atoms. The van der Waals surface area contributed by atoms with Crippen LogP contribution in [-0.2, 0) is 11.3 Å². The Bertz CT molecular complexity index is 658. The minimum atomic E-state index is 0.311. The average Bonchev–Trinajstić information content (AvgIpc) is 3.02. The molecule has 4 rings (SSSR count). The Morgan fingerprint density at radius 2 is 2.18 bits per heavy atom. The number of rotatable bonds is 5. The second-order valence-electron chi connectivity index (χ2n) is 6.15. The van der Waals surface area contributed by atoms with Crippen molar-refractivity contribution in [2.24, 2.45) is 0 Å². The van der Waals surface area contributed by atoms with Gasteiger partial charge in [0, 0.05) is 24.3 Å². The molecule has 2 aromatic rings. The van der Waals surface area contributed by atoms with E-state index in [0.29, 0.717) is 12.0 Å². The molecule has 6 heteroatoms. The quantitative estimate of drug-likeness (QED) is 0.911. The van der Waals surface area contributed by atoms with E-state index in [4.69, 9.17) is 14.8 Å². The molecule has 1 aliphatic heterocycles. The third kappa shape index (κ3) is 2.89. The summed E-state index contributed by atoms with van der Waals surface area (Å²) in [6.45, 7) is 4.26. The normalized spacial score (nSPS) is 21.4. The standard InChI is InChI=1S/C16H21N5O/c1-11-3-2-4-14(18-11)21-15(9-17-13-5-6-13)19-16(20-21)12-7-8-22-10-12/h2-4,12-13,17H,5-10H2,1H3/t12-/m0/s1. The fraction of sp³-hybridized carbons (Fsp3) is 0.562. The van der Waals surface area contributed by atoms with E-state index in [2.05, 4.69) is 10.3 Å². The summed E-state index contributed by atoms with van der Waals surface area (Å²) in [7, 11) is 0. The Kier molecular flexibility index (Phi) is 3.63. The molecule has 22 heavy (non-hydrogen) atoms. The second-order valence-corrected chi connectivity index (χ2v) is 6.15. The Balaban J connectivity index is 1.66. The number of aromatic nitrogens is 4. The van der Waals surface area contributed by atoms with Crippen LogP contribution in [0.4, 0.5) is 0 Å². The smallest absolute Gasteiger partial charge is 0.156 e. The third-order valence-corrected chi connectivity index (χ3v) is 4.20. The van der Waals surface area contributed by atoms with E-state index >= 15 is 0 Å². The highest BCUT2D eigenvalue weighted by molar-refractivity contribution is 5.25. The van der Waals surface area contributed by atoms with Crippen molar-refractivity contribution in [1.29, 1.82) is 0 Å². The van der Waals surface area contributed by atoms with Gasteiger partial charge in [0.25, 0.3) is 0 Å². The number of hydrogen-bond donors (Lipinski definition) is 1. The second kappa shape index (κ2) is 5.78. The number of hydrogen-bond acceptors (Lipinski definition) is 5. The molecule has 3 heterocycles. The van der Waals surface area contributed by atoms with Crippen molar-refractivity contribution in [1.82, 2.24) is 25.1 Å². The fourth-order valence-corrected chi connectivity index (χ4v) is 2.74. The van der Waals surface area contributed by atoms with Crippen LogP contribution in [0.3, 0.4) is 0 Å². The van der Waals surface area contributed by atoms with E-state index < -0.39 is 0 Å². The highest BCUT2D eigenvalue weighted by atomic mass is 16.5. The summed E-state index contributed by atoms with van der Waals surface area (Å²) in [5.74, 6) is 2.97. The van der Waals surface area contributed by atoms with Gasteiger partial charge in [0.15, 0.2) is 11.6 Å². The zero-order chi connectivity index (χ0) is 14.9. The molecular weight excluding hydrogens is 278 g/mol. The number of ether oxygens (including phenoxy) is 1. The minimum absolute atomic E-state index is 0.311. The Morgan fingerprint density at radius 3 is 2.91 bits per heavy atom. The van der Waals surface area contributed by atoms with Gasteiger partial charge in [0.2, 0.25) is 0 Å². The zero-order valence-electron chi connectivity index (χ0n) is 12.8. The summed E-state index contributed by atoms with van der Waals surface area (Å²) < 4.78 is 7.36. The molecule has 1 aliphatic carbocycles. The molecular formula is C16H21N5O. The Hall–Kier alpha value is -1.79. The molecule has 1 atom stereocenters. The summed E-state index contributed by atoms with van der Waals surface area (Å²) in [5, 5.41) is 8.24.